The number of phenols is 1. The molecule has 13 rings (SSSR count). The largest absolute Gasteiger partial charge is 0.508 e. The Bertz CT molecular complexity index is 4160. The lowest BCUT2D eigenvalue weighted by Gasteiger charge is -2.48. The monoisotopic (exact) mass is 1350 g/mol. The first-order valence-electron chi connectivity index (χ1n) is 33.0. The average molecular weight is 1350 g/mol. The van der Waals surface area contributed by atoms with E-state index in [9.17, 15) is 74.5 Å². The number of hydrogen-bond donors (Lipinski definition) is 11. The maximum Gasteiger partial charge on any atom is 0.233 e. The summed E-state index contributed by atoms with van der Waals surface area (Å²) in [6.07, 6.45) is -13.0. The van der Waals surface area contributed by atoms with E-state index in [2.05, 4.69) is 0 Å². The zero-order valence-electron chi connectivity index (χ0n) is 53.7. The van der Waals surface area contributed by atoms with E-state index >= 15 is 0 Å². The standard InChI is InChI=1S/C43H42FNO8.C36H36FNO8/c44-31-18-15-28(16-19-31)35(47)22-21-34-38(45(43(34)51)32-9-5-2-6-10-32)33-20-17-30(23-36(33)52-25-26-7-3-1-4-8-26)27-11-13-29(14-12-27)42-41(50)40(49)39(48)37(24-46)53-42;37-24-13-10-21(11-14-24)28(40)17-16-27-31(38(36(27)45)25-4-2-1-3-5-25)26-15-12-23(18-29(26)41)20-6-8-22(9-7-20)35-34(44)33(43)32(42)30(19-39)46-35/h1-20,23,34-35,37-42,46-50H,21-22,24-25H2;1-15,18,27-28,30-35,39-44H,16-17,19H2/t34-,35+,37-,38-,39-,40+,41-,42+;27-,28+,30-,31-,32-,33+,34-,35+/m11/s1. The molecular weight excluding hydrogens is 1270 g/mol. The Morgan fingerprint density at radius 3 is 1.23 bits per heavy atom. The molecule has 18 nitrogen and oxygen atoms in total. The summed E-state index contributed by atoms with van der Waals surface area (Å²) in [6, 6.07) is 64.2. The van der Waals surface area contributed by atoms with E-state index in [-0.39, 0.29) is 36.4 Å². The molecule has 514 valence electrons. The number of aliphatic hydroxyl groups is 10. The summed E-state index contributed by atoms with van der Waals surface area (Å²) < 4.78 is 44.9. The van der Waals surface area contributed by atoms with Crippen molar-refractivity contribution in [1.29, 1.82) is 0 Å². The lowest BCUT2D eigenvalue weighted by Crippen LogP contribution is -2.55. The Morgan fingerprint density at radius 2 is 0.818 bits per heavy atom. The number of para-hydroxylation sites is 2. The Balaban J connectivity index is 0.000000190. The Labute approximate surface area is 570 Å². The second-order valence-corrected chi connectivity index (χ2v) is 25.5. The Hall–Kier alpha value is -9.10. The lowest BCUT2D eigenvalue weighted by atomic mass is 9.77. The number of ether oxygens (including phenoxy) is 3. The van der Waals surface area contributed by atoms with Gasteiger partial charge in [-0.25, -0.2) is 8.78 Å². The van der Waals surface area contributed by atoms with Crippen LogP contribution in [0.2, 0.25) is 0 Å². The van der Waals surface area contributed by atoms with Gasteiger partial charge in [0, 0.05) is 22.5 Å². The summed E-state index contributed by atoms with van der Waals surface area (Å²) in [5.74, 6) is -1.32. The van der Waals surface area contributed by atoms with Crippen LogP contribution in [0.4, 0.5) is 20.2 Å². The smallest absolute Gasteiger partial charge is 0.233 e. The number of amides is 2. The van der Waals surface area contributed by atoms with Gasteiger partial charge in [0.1, 0.15) is 90.8 Å². The number of aliphatic hydroxyl groups excluding tert-OH is 10. The predicted octanol–water partition coefficient (Wildman–Crippen LogP) is 9.74. The summed E-state index contributed by atoms with van der Waals surface area (Å²) in [5.41, 5.74) is 9.15. The average Bonchev–Trinajstić information content (AvgIpc) is 0.738. The fourth-order valence-electron chi connectivity index (χ4n) is 13.8. The molecule has 16 atom stereocenters. The quantitative estimate of drug-likeness (QED) is 0.0298. The maximum absolute atomic E-state index is 13.9. The van der Waals surface area contributed by atoms with Gasteiger partial charge in [-0.3, -0.25) is 9.59 Å². The van der Waals surface area contributed by atoms with Crippen LogP contribution in [0.1, 0.15) is 101 Å². The Kier molecular flexibility index (Phi) is 21.8. The van der Waals surface area contributed by atoms with Gasteiger partial charge in [0.2, 0.25) is 11.8 Å². The molecule has 11 N–H and O–H groups in total. The van der Waals surface area contributed by atoms with Crippen molar-refractivity contribution in [2.75, 3.05) is 23.0 Å². The van der Waals surface area contributed by atoms with Gasteiger partial charge in [-0.05, 0) is 136 Å². The molecule has 0 spiro atoms. The van der Waals surface area contributed by atoms with Crippen molar-refractivity contribution in [2.24, 2.45) is 11.8 Å². The lowest BCUT2D eigenvalue weighted by molar-refractivity contribution is -0.231. The summed E-state index contributed by atoms with van der Waals surface area (Å²) >= 11 is 0. The third-order valence-corrected chi connectivity index (χ3v) is 19.4. The number of β-lactam (4-membered cyclic amide) rings is 2. The second-order valence-electron chi connectivity index (χ2n) is 25.5. The first-order chi connectivity index (χ1) is 47.9. The van der Waals surface area contributed by atoms with Crippen molar-refractivity contribution >= 4 is 23.2 Å². The van der Waals surface area contributed by atoms with Crippen LogP contribution in [-0.4, -0.2) is 130 Å². The number of nitrogens with zero attached hydrogens (tertiary/aromatic N) is 2. The molecule has 0 aliphatic carbocycles. The summed E-state index contributed by atoms with van der Waals surface area (Å²) in [4.78, 5) is 30.7. The highest BCUT2D eigenvalue weighted by atomic mass is 19.1. The molecule has 4 saturated heterocycles. The number of halogens is 2. The number of rotatable bonds is 21. The van der Waals surface area contributed by atoms with E-state index in [1.54, 1.807) is 70.5 Å². The molecule has 4 aliphatic rings. The van der Waals surface area contributed by atoms with E-state index in [0.717, 1.165) is 33.5 Å². The molecule has 0 bridgehead atoms. The van der Waals surface area contributed by atoms with Crippen LogP contribution in [0.5, 0.6) is 11.5 Å². The number of benzene rings is 9. The van der Waals surface area contributed by atoms with Crippen LogP contribution < -0.4 is 14.5 Å². The van der Waals surface area contributed by atoms with Gasteiger partial charge >= 0.3 is 0 Å². The summed E-state index contributed by atoms with van der Waals surface area (Å²) in [6.45, 7) is -0.746. The number of carbonyl (C=O) groups excluding carboxylic acids is 2. The van der Waals surface area contributed by atoms with Crippen LogP contribution >= 0.6 is 0 Å². The number of aromatic hydroxyl groups is 1. The van der Waals surface area contributed by atoms with Crippen LogP contribution in [0.25, 0.3) is 22.3 Å². The molecular formula is C79H78F2N2O16. The van der Waals surface area contributed by atoms with Gasteiger partial charge in [0.25, 0.3) is 0 Å². The SMILES string of the molecule is O=C1[C@H](CC[C@H](O)c2ccc(F)cc2)[C@@H](c2ccc(-c3ccc([C@@H]4O[C@H](CO)[C@@H](O)[C@H](O)[C@H]4O)cc3)cc2O)N1c1ccccc1.O=C1[C@H](CC[C@H](O)c2ccc(F)cc2)[C@@H](c2ccc(-c3ccc([C@@H]4O[C@H](CO)[C@@H](O)[C@H](O)[C@H]4O)cc3)cc2OCc2ccccc2)N1c1ccccc1. The van der Waals surface area contributed by atoms with Crippen LogP contribution in [0.15, 0.2) is 224 Å². The number of anilines is 2. The molecule has 0 saturated carbocycles. The van der Waals surface area contributed by atoms with E-state index < -0.39 is 116 Å². The van der Waals surface area contributed by atoms with Gasteiger partial charge in [-0.15, -0.1) is 0 Å². The maximum atomic E-state index is 13.9. The van der Waals surface area contributed by atoms with Gasteiger partial charge in [-0.1, -0.05) is 164 Å². The number of phenolic OH excluding ortho intramolecular Hbond substituents is 1. The molecule has 0 radical (unpaired) electrons. The minimum atomic E-state index is -1.48. The minimum Gasteiger partial charge on any atom is -0.508 e. The molecule has 9 aromatic carbocycles. The van der Waals surface area contributed by atoms with E-state index in [4.69, 9.17) is 14.2 Å². The summed E-state index contributed by atoms with van der Waals surface area (Å²) in [7, 11) is 0. The highest BCUT2D eigenvalue weighted by molar-refractivity contribution is 6.04. The summed E-state index contributed by atoms with van der Waals surface area (Å²) in [5, 5.41) is 114. The normalized spacial score (nSPS) is 25.7. The van der Waals surface area contributed by atoms with Crippen molar-refractivity contribution in [2.45, 2.75) is 118 Å². The van der Waals surface area contributed by atoms with Crippen molar-refractivity contribution in [3.8, 4) is 33.8 Å². The fourth-order valence-corrected chi connectivity index (χ4v) is 13.8. The molecule has 0 aromatic heterocycles. The highest BCUT2D eigenvalue weighted by Crippen LogP contribution is 2.52. The van der Waals surface area contributed by atoms with Crippen molar-refractivity contribution < 1.29 is 88.8 Å². The molecule has 20 heteroatoms. The fraction of sp³-hybridized carbons (Fsp3) is 0.291. The topological polar surface area (TPSA) is 291 Å². The minimum absolute atomic E-state index is 0.00183. The van der Waals surface area contributed by atoms with Gasteiger partial charge in [0.05, 0.1) is 49.3 Å². The molecule has 9 aromatic rings. The molecule has 4 fully saturated rings. The van der Waals surface area contributed by atoms with Crippen LogP contribution in [-0.2, 0) is 25.7 Å². The van der Waals surface area contributed by atoms with Gasteiger partial charge in [0.15, 0.2) is 0 Å². The van der Waals surface area contributed by atoms with Crippen molar-refractivity contribution in [3.05, 3.63) is 275 Å². The van der Waals surface area contributed by atoms with E-state index in [1.165, 1.54) is 36.4 Å². The van der Waals surface area contributed by atoms with E-state index in [0.29, 0.717) is 64.1 Å². The predicted molar refractivity (Wildman–Crippen MR) is 363 cm³/mol. The number of hydrogen-bond acceptors (Lipinski definition) is 16. The van der Waals surface area contributed by atoms with E-state index in [1.807, 2.05) is 127 Å². The van der Waals surface area contributed by atoms with Crippen LogP contribution in [0.3, 0.4) is 0 Å². The molecule has 4 heterocycles. The second kappa shape index (κ2) is 31.0. The third-order valence-electron chi connectivity index (χ3n) is 19.4. The zero-order valence-corrected chi connectivity index (χ0v) is 53.7. The van der Waals surface area contributed by atoms with Crippen LogP contribution in [0, 0.1) is 23.5 Å². The molecule has 0 unspecified atom stereocenters. The van der Waals surface area contributed by atoms with Gasteiger partial charge < -0.3 is 80.2 Å². The Morgan fingerprint density at radius 1 is 0.434 bits per heavy atom. The zero-order chi connectivity index (χ0) is 69.6. The third kappa shape index (κ3) is 15.0. The first-order valence-corrected chi connectivity index (χ1v) is 33.0. The van der Waals surface area contributed by atoms with Crippen molar-refractivity contribution in [1.82, 2.24) is 0 Å². The first kappa shape index (κ1) is 69.8. The number of carbonyl (C=O) groups is 2. The molecule has 99 heavy (non-hydrogen) atoms. The van der Waals surface area contributed by atoms with Gasteiger partial charge in [-0.2, -0.15) is 0 Å². The molecule has 2 amide bonds. The highest BCUT2D eigenvalue weighted by Gasteiger charge is 2.52. The van der Waals surface area contributed by atoms with Crippen molar-refractivity contribution in [3.63, 3.8) is 0 Å². The molecule has 4 aliphatic heterocycles.